The summed E-state index contributed by atoms with van der Waals surface area (Å²) in [6, 6.07) is 5.49. The molecule has 2 aromatic rings. The van der Waals surface area contributed by atoms with E-state index in [1.54, 1.807) is 6.92 Å². The van der Waals surface area contributed by atoms with E-state index in [9.17, 15) is 18.8 Å². The van der Waals surface area contributed by atoms with Gasteiger partial charge in [-0.05, 0) is 37.3 Å². The van der Waals surface area contributed by atoms with Crippen LogP contribution >= 0.6 is 0 Å². The summed E-state index contributed by atoms with van der Waals surface area (Å²) < 4.78 is 22.8. The fraction of sp³-hybridized carbons (Fsp3) is 0.235. The molecule has 1 atom stereocenters. The highest BCUT2D eigenvalue weighted by Crippen LogP contribution is 2.28. The largest absolute Gasteiger partial charge is 0.463 e. The van der Waals surface area contributed by atoms with Gasteiger partial charge in [0.05, 0.1) is 19.9 Å². The summed E-state index contributed by atoms with van der Waals surface area (Å²) in [5.74, 6) is -1.61. The molecule has 0 aliphatic carbocycles. The van der Waals surface area contributed by atoms with E-state index in [0.717, 1.165) is 4.90 Å². The van der Waals surface area contributed by atoms with E-state index >= 15 is 0 Å². The zero-order chi connectivity index (χ0) is 18.1. The molecule has 7 nitrogen and oxygen atoms in total. The number of amides is 3. The SMILES string of the molecule is COC(=O)c1occc1CN1C(=O)C(C)N(c2ccc(F)cc2)C1=O. The molecule has 1 aromatic carbocycles. The molecule has 1 saturated heterocycles. The predicted octanol–water partition coefficient (Wildman–Crippen LogP) is 2.56. The van der Waals surface area contributed by atoms with Crippen molar-refractivity contribution in [3.05, 3.63) is 53.7 Å². The summed E-state index contributed by atoms with van der Waals surface area (Å²) in [6.07, 6.45) is 1.29. The van der Waals surface area contributed by atoms with Crippen LogP contribution in [0.3, 0.4) is 0 Å². The summed E-state index contributed by atoms with van der Waals surface area (Å²) in [4.78, 5) is 39.1. The second-order valence-corrected chi connectivity index (χ2v) is 5.50. The Bertz CT molecular complexity index is 830. The molecule has 2 heterocycles. The van der Waals surface area contributed by atoms with Gasteiger partial charge < -0.3 is 9.15 Å². The first-order chi connectivity index (χ1) is 11.9. The third-order valence-electron chi connectivity index (χ3n) is 4.00. The Morgan fingerprint density at radius 2 is 1.92 bits per heavy atom. The van der Waals surface area contributed by atoms with Crippen LogP contribution in [0.15, 0.2) is 41.0 Å². The first-order valence-electron chi connectivity index (χ1n) is 7.49. The van der Waals surface area contributed by atoms with Gasteiger partial charge in [-0.15, -0.1) is 0 Å². The lowest BCUT2D eigenvalue weighted by atomic mass is 10.2. The lowest BCUT2D eigenvalue weighted by molar-refractivity contribution is -0.127. The van der Waals surface area contributed by atoms with Gasteiger partial charge in [-0.2, -0.15) is 0 Å². The number of ether oxygens (including phenoxy) is 1. The Morgan fingerprint density at radius 3 is 2.56 bits per heavy atom. The quantitative estimate of drug-likeness (QED) is 0.628. The van der Waals surface area contributed by atoms with Crippen molar-refractivity contribution in [2.75, 3.05) is 12.0 Å². The molecule has 1 unspecified atom stereocenters. The highest BCUT2D eigenvalue weighted by molar-refractivity contribution is 6.14. The van der Waals surface area contributed by atoms with E-state index in [4.69, 9.17) is 4.42 Å². The number of halogens is 1. The Morgan fingerprint density at radius 1 is 1.24 bits per heavy atom. The number of carbonyl (C=O) groups is 3. The maximum absolute atomic E-state index is 13.1. The molecule has 0 radical (unpaired) electrons. The number of nitrogens with zero attached hydrogens (tertiary/aromatic N) is 2. The van der Waals surface area contributed by atoms with Gasteiger partial charge in [0, 0.05) is 11.3 Å². The number of hydrogen-bond acceptors (Lipinski definition) is 5. The minimum atomic E-state index is -0.744. The van der Waals surface area contributed by atoms with Crippen molar-refractivity contribution in [1.82, 2.24) is 4.90 Å². The Kier molecular flexibility index (Phi) is 4.26. The van der Waals surface area contributed by atoms with Crippen molar-refractivity contribution in [1.29, 1.82) is 0 Å². The van der Waals surface area contributed by atoms with Crippen LogP contribution in [0.2, 0.25) is 0 Å². The van der Waals surface area contributed by atoms with Crippen molar-refractivity contribution >= 4 is 23.6 Å². The van der Waals surface area contributed by atoms with Crippen LogP contribution in [0.1, 0.15) is 23.0 Å². The molecule has 0 bridgehead atoms. The second-order valence-electron chi connectivity index (χ2n) is 5.50. The van der Waals surface area contributed by atoms with E-state index in [0.29, 0.717) is 11.3 Å². The Labute approximate surface area is 142 Å². The fourth-order valence-corrected chi connectivity index (χ4v) is 2.71. The van der Waals surface area contributed by atoms with Gasteiger partial charge in [0.15, 0.2) is 0 Å². The van der Waals surface area contributed by atoms with Crippen molar-refractivity contribution in [3.63, 3.8) is 0 Å². The molecule has 25 heavy (non-hydrogen) atoms. The molecule has 1 aliphatic rings. The van der Waals surface area contributed by atoms with Crippen LogP contribution in [0.4, 0.5) is 14.9 Å². The number of furan rings is 1. The van der Waals surface area contributed by atoms with Crippen LogP contribution in [0, 0.1) is 5.82 Å². The zero-order valence-corrected chi connectivity index (χ0v) is 13.6. The summed E-state index contributed by atoms with van der Waals surface area (Å²) in [7, 11) is 1.21. The Balaban J connectivity index is 1.87. The summed E-state index contributed by atoms with van der Waals surface area (Å²) in [6.45, 7) is 1.46. The molecule has 8 heteroatoms. The van der Waals surface area contributed by atoms with Crippen LogP contribution in [-0.4, -0.2) is 36.0 Å². The van der Waals surface area contributed by atoms with Crippen LogP contribution in [0.25, 0.3) is 0 Å². The fourth-order valence-electron chi connectivity index (χ4n) is 2.71. The van der Waals surface area contributed by atoms with Gasteiger partial charge in [-0.1, -0.05) is 0 Å². The Hall–Kier alpha value is -3.16. The molecule has 1 fully saturated rings. The minimum absolute atomic E-state index is 0.0593. The molecule has 0 spiro atoms. The molecule has 3 amide bonds. The summed E-state index contributed by atoms with van der Waals surface area (Å²) >= 11 is 0. The van der Waals surface area contributed by atoms with Crippen molar-refractivity contribution in [2.24, 2.45) is 0 Å². The topological polar surface area (TPSA) is 80.1 Å². The van der Waals surface area contributed by atoms with Crippen LogP contribution in [0.5, 0.6) is 0 Å². The van der Waals surface area contributed by atoms with E-state index in [-0.39, 0.29) is 12.3 Å². The third kappa shape index (κ3) is 2.86. The van der Waals surface area contributed by atoms with Gasteiger partial charge in [0.2, 0.25) is 5.76 Å². The lowest BCUT2D eigenvalue weighted by Gasteiger charge is -2.19. The lowest BCUT2D eigenvalue weighted by Crippen LogP contribution is -2.33. The van der Waals surface area contributed by atoms with Gasteiger partial charge in [0.25, 0.3) is 5.91 Å². The predicted molar refractivity (Wildman–Crippen MR) is 84.3 cm³/mol. The van der Waals surface area contributed by atoms with Gasteiger partial charge >= 0.3 is 12.0 Å². The molecule has 0 saturated carbocycles. The number of anilines is 1. The van der Waals surface area contributed by atoms with E-state index in [2.05, 4.69) is 4.74 Å². The van der Waals surface area contributed by atoms with E-state index in [1.807, 2.05) is 0 Å². The standard InChI is InChI=1S/C17H15FN2O5/c1-10-15(21)19(9-11-7-8-25-14(11)16(22)24-2)17(23)20(10)13-5-3-12(18)4-6-13/h3-8,10H,9H2,1-2H3. The number of hydrogen-bond donors (Lipinski definition) is 0. The van der Waals surface area contributed by atoms with Crippen LogP contribution < -0.4 is 4.90 Å². The monoisotopic (exact) mass is 346 g/mol. The number of rotatable bonds is 4. The molecule has 3 rings (SSSR count). The summed E-state index contributed by atoms with van der Waals surface area (Å²) in [5, 5.41) is 0. The van der Waals surface area contributed by atoms with Gasteiger partial charge in [-0.25, -0.2) is 14.0 Å². The van der Waals surface area contributed by atoms with Gasteiger partial charge in [0.1, 0.15) is 11.9 Å². The van der Waals surface area contributed by atoms with Crippen molar-refractivity contribution in [2.45, 2.75) is 19.5 Å². The van der Waals surface area contributed by atoms with Crippen molar-refractivity contribution in [3.8, 4) is 0 Å². The smallest absolute Gasteiger partial charge is 0.374 e. The number of imide groups is 1. The molecule has 1 aromatic heterocycles. The normalized spacial score (nSPS) is 17.3. The maximum Gasteiger partial charge on any atom is 0.374 e. The van der Waals surface area contributed by atoms with E-state index < -0.39 is 29.8 Å². The highest BCUT2D eigenvalue weighted by Gasteiger charge is 2.43. The average Bonchev–Trinajstić information content (AvgIpc) is 3.15. The van der Waals surface area contributed by atoms with Crippen molar-refractivity contribution < 1.29 is 27.9 Å². The maximum atomic E-state index is 13.1. The number of urea groups is 1. The molecule has 1 aliphatic heterocycles. The zero-order valence-electron chi connectivity index (χ0n) is 13.6. The molecule has 0 N–H and O–H groups in total. The first kappa shape index (κ1) is 16.7. The second kappa shape index (κ2) is 6.39. The first-order valence-corrected chi connectivity index (χ1v) is 7.49. The highest BCUT2D eigenvalue weighted by atomic mass is 19.1. The molecular weight excluding hydrogens is 331 g/mol. The minimum Gasteiger partial charge on any atom is -0.463 e. The van der Waals surface area contributed by atoms with Crippen LogP contribution in [-0.2, 0) is 16.1 Å². The third-order valence-corrected chi connectivity index (χ3v) is 4.00. The van der Waals surface area contributed by atoms with E-state index in [1.165, 1.54) is 48.6 Å². The molecule has 130 valence electrons. The average molecular weight is 346 g/mol. The molecular formula is C17H15FN2O5. The summed E-state index contributed by atoms with van der Waals surface area (Å²) in [5.41, 5.74) is 0.775. The number of methoxy groups -OCH3 is 1. The number of benzene rings is 1. The number of carbonyl (C=O) groups excluding carboxylic acids is 3. The number of esters is 1. The van der Waals surface area contributed by atoms with Gasteiger partial charge in [-0.3, -0.25) is 14.6 Å².